The highest BCUT2D eigenvalue weighted by Gasteiger charge is 2.15. The van der Waals surface area contributed by atoms with Crippen LogP contribution >= 0.6 is 11.6 Å². The van der Waals surface area contributed by atoms with Gasteiger partial charge in [0.05, 0.1) is 31.5 Å². The average Bonchev–Trinajstić information content (AvgIpc) is 2.68. The van der Waals surface area contributed by atoms with E-state index in [1.54, 1.807) is 24.3 Å². The Morgan fingerprint density at radius 3 is 2.43 bits per heavy atom. The van der Waals surface area contributed by atoms with Crippen LogP contribution in [0.4, 0.5) is 5.69 Å². The Balaban J connectivity index is 2.17. The Morgan fingerprint density at radius 2 is 1.82 bits per heavy atom. The fraction of sp³-hybridized carbons (Fsp3) is 0.200. The van der Waals surface area contributed by atoms with Crippen LogP contribution in [0, 0.1) is 0 Å². The van der Waals surface area contributed by atoms with E-state index in [1.165, 1.54) is 32.4 Å². The number of rotatable bonds is 8. The average molecular weight is 406 g/mol. The van der Waals surface area contributed by atoms with Gasteiger partial charge in [-0.2, -0.15) is 0 Å². The fourth-order valence-electron chi connectivity index (χ4n) is 2.39. The van der Waals surface area contributed by atoms with Crippen molar-refractivity contribution in [3.8, 4) is 17.2 Å². The molecule has 0 heterocycles. The molecular formula is C20H20ClNO6. The molecule has 0 saturated carbocycles. The summed E-state index contributed by atoms with van der Waals surface area (Å²) in [5.74, 6) is -0.362. The monoisotopic (exact) mass is 405 g/mol. The maximum atomic E-state index is 12.2. The molecule has 2 aromatic rings. The molecule has 148 valence electrons. The van der Waals surface area contributed by atoms with Crippen LogP contribution in [0.25, 0.3) is 6.08 Å². The van der Waals surface area contributed by atoms with E-state index >= 15 is 0 Å². The number of carbonyl (C=O) groups is 2. The molecule has 2 N–H and O–H groups in total. The zero-order valence-electron chi connectivity index (χ0n) is 15.6. The van der Waals surface area contributed by atoms with Crippen molar-refractivity contribution in [1.82, 2.24) is 0 Å². The molecule has 2 rings (SSSR count). The molecule has 0 spiro atoms. The third kappa shape index (κ3) is 5.17. The highest BCUT2D eigenvalue weighted by molar-refractivity contribution is 6.34. The van der Waals surface area contributed by atoms with E-state index in [0.29, 0.717) is 18.1 Å². The van der Waals surface area contributed by atoms with Gasteiger partial charge in [0.25, 0.3) is 0 Å². The maximum absolute atomic E-state index is 12.2. The summed E-state index contributed by atoms with van der Waals surface area (Å²) in [5, 5.41) is 11.8. The third-order valence-corrected chi connectivity index (χ3v) is 4.00. The molecule has 0 aromatic heterocycles. The van der Waals surface area contributed by atoms with E-state index in [4.69, 9.17) is 30.9 Å². The molecule has 1 amide bonds. The highest BCUT2D eigenvalue weighted by atomic mass is 35.5. The third-order valence-electron chi connectivity index (χ3n) is 3.69. The van der Waals surface area contributed by atoms with Crippen molar-refractivity contribution in [2.45, 2.75) is 6.92 Å². The Hall–Kier alpha value is -3.19. The molecule has 0 aliphatic heterocycles. The Kier molecular flexibility index (Phi) is 7.28. The number of carbonyl (C=O) groups excluding carboxylic acids is 1. The van der Waals surface area contributed by atoms with Crippen LogP contribution < -0.4 is 19.5 Å². The second kappa shape index (κ2) is 9.66. The number of anilines is 1. The topological polar surface area (TPSA) is 94.1 Å². The summed E-state index contributed by atoms with van der Waals surface area (Å²) >= 11 is 6.06. The quantitative estimate of drug-likeness (QED) is 0.642. The molecule has 0 fully saturated rings. The summed E-state index contributed by atoms with van der Waals surface area (Å²) in [4.78, 5) is 23.4. The summed E-state index contributed by atoms with van der Waals surface area (Å²) < 4.78 is 15.8. The van der Waals surface area contributed by atoms with Gasteiger partial charge in [0.15, 0.2) is 11.5 Å². The van der Waals surface area contributed by atoms with Gasteiger partial charge in [0, 0.05) is 12.1 Å². The first kappa shape index (κ1) is 21.1. The molecule has 0 radical (unpaired) electrons. The maximum Gasteiger partial charge on any atom is 0.339 e. The second-order valence-corrected chi connectivity index (χ2v) is 5.91. The smallest absolute Gasteiger partial charge is 0.339 e. The van der Waals surface area contributed by atoms with Gasteiger partial charge in [-0.15, -0.1) is 0 Å². The van der Waals surface area contributed by atoms with Gasteiger partial charge in [0.2, 0.25) is 5.91 Å². The van der Waals surface area contributed by atoms with Crippen LogP contribution in [-0.4, -0.2) is 37.8 Å². The van der Waals surface area contributed by atoms with Gasteiger partial charge < -0.3 is 24.6 Å². The van der Waals surface area contributed by atoms with E-state index in [2.05, 4.69) is 5.32 Å². The minimum atomic E-state index is -1.18. The zero-order chi connectivity index (χ0) is 20.7. The molecule has 2 aromatic carbocycles. The van der Waals surface area contributed by atoms with Crippen molar-refractivity contribution in [1.29, 1.82) is 0 Å². The van der Waals surface area contributed by atoms with Gasteiger partial charge >= 0.3 is 5.97 Å². The number of carboxylic acid groups (broad SMARTS) is 1. The number of aromatic carboxylic acids is 1. The Morgan fingerprint density at radius 1 is 1.11 bits per heavy atom. The number of ether oxygens (including phenoxy) is 3. The predicted molar refractivity (Wildman–Crippen MR) is 107 cm³/mol. The van der Waals surface area contributed by atoms with Crippen molar-refractivity contribution in [3.63, 3.8) is 0 Å². The zero-order valence-corrected chi connectivity index (χ0v) is 16.4. The summed E-state index contributed by atoms with van der Waals surface area (Å²) in [6.45, 7) is 2.39. The van der Waals surface area contributed by atoms with Crippen LogP contribution in [0.5, 0.6) is 17.2 Å². The lowest BCUT2D eigenvalue weighted by molar-refractivity contribution is -0.111. The van der Waals surface area contributed by atoms with Gasteiger partial charge in [-0.3, -0.25) is 4.79 Å². The van der Waals surface area contributed by atoms with E-state index in [-0.39, 0.29) is 22.0 Å². The predicted octanol–water partition coefficient (Wildman–Crippen LogP) is 4.11. The molecule has 0 bridgehead atoms. The molecule has 0 aliphatic rings. The van der Waals surface area contributed by atoms with Crippen LogP contribution in [-0.2, 0) is 4.79 Å². The molecule has 0 aliphatic carbocycles. The van der Waals surface area contributed by atoms with Gasteiger partial charge in [-0.1, -0.05) is 17.7 Å². The number of amides is 1. The van der Waals surface area contributed by atoms with Crippen LogP contribution in [0.1, 0.15) is 22.8 Å². The van der Waals surface area contributed by atoms with Crippen LogP contribution in [0.2, 0.25) is 5.02 Å². The lowest BCUT2D eigenvalue weighted by Crippen LogP contribution is -2.09. The Labute approximate surface area is 167 Å². The first-order valence-corrected chi connectivity index (χ1v) is 8.68. The highest BCUT2D eigenvalue weighted by Crippen LogP contribution is 2.31. The van der Waals surface area contributed by atoms with Crippen molar-refractivity contribution in [2.24, 2.45) is 0 Å². The summed E-state index contributed by atoms with van der Waals surface area (Å²) in [6.07, 6.45) is 2.92. The van der Waals surface area contributed by atoms with Gasteiger partial charge in [-0.05, 0) is 36.8 Å². The SMILES string of the molecule is CCOc1ccc(/C=C/C(=O)Nc2cc(OC)c(C(=O)O)cc2Cl)cc1OC. The Bertz CT molecular complexity index is 910. The lowest BCUT2D eigenvalue weighted by atomic mass is 10.1. The second-order valence-electron chi connectivity index (χ2n) is 5.50. The van der Waals surface area contributed by atoms with E-state index in [1.807, 2.05) is 6.92 Å². The standard InChI is InChI=1S/C20H20ClNO6/c1-4-28-16-7-5-12(9-18(16)27-3)6-8-19(23)22-15-11-17(26-2)13(20(24)25)10-14(15)21/h5-11H,4H2,1-3H3,(H,22,23)(H,24,25)/b8-6+. The number of methoxy groups -OCH3 is 2. The van der Waals surface area contributed by atoms with Crippen LogP contribution in [0.15, 0.2) is 36.4 Å². The number of nitrogens with one attached hydrogen (secondary N) is 1. The van der Waals surface area contributed by atoms with Crippen molar-refractivity contribution in [2.75, 3.05) is 26.1 Å². The molecule has 7 nitrogen and oxygen atoms in total. The summed E-state index contributed by atoms with van der Waals surface area (Å²) in [6, 6.07) is 7.87. The molecule has 8 heteroatoms. The number of carboxylic acids is 1. The number of halogens is 1. The number of benzene rings is 2. The molecule has 0 saturated heterocycles. The number of hydrogen-bond donors (Lipinski definition) is 2. The molecule has 28 heavy (non-hydrogen) atoms. The fourth-order valence-corrected chi connectivity index (χ4v) is 2.61. The normalized spacial score (nSPS) is 10.6. The minimum absolute atomic E-state index is 0.0858. The van der Waals surface area contributed by atoms with Crippen molar-refractivity contribution in [3.05, 3.63) is 52.6 Å². The minimum Gasteiger partial charge on any atom is -0.496 e. The van der Waals surface area contributed by atoms with Crippen molar-refractivity contribution >= 4 is 35.2 Å². The first-order valence-electron chi connectivity index (χ1n) is 8.30. The van der Waals surface area contributed by atoms with Gasteiger partial charge in [0.1, 0.15) is 11.3 Å². The van der Waals surface area contributed by atoms with Gasteiger partial charge in [-0.25, -0.2) is 4.79 Å². The van der Waals surface area contributed by atoms with E-state index in [0.717, 1.165) is 5.56 Å². The molecule has 0 unspecified atom stereocenters. The van der Waals surface area contributed by atoms with Crippen molar-refractivity contribution < 1.29 is 28.9 Å². The summed E-state index contributed by atoms with van der Waals surface area (Å²) in [7, 11) is 2.87. The molecular weight excluding hydrogens is 386 g/mol. The largest absolute Gasteiger partial charge is 0.496 e. The van der Waals surface area contributed by atoms with Crippen LogP contribution in [0.3, 0.4) is 0 Å². The number of hydrogen-bond acceptors (Lipinski definition) is 5. The first-order chi connectivity index (χ1) is 13.4. The molecule has 0 atom stereocenters. The summed E-state index contributed by atoms with van der Waals surface area (Å²) in [5.41, 5.74) is 0.880. The van der Waals surface area contributed by atoms with E-state index < -0.39 is 11.9 Å². The van der Waals surface area contributed by atoms with E-state index in [9.17, 15) is 9.59 Å². The lowest BCUT2D eigenvalue weighted by Gasteiger charge is -2.11.